The number of hydrogen-bond acceptors (Lipinski definition) is 3. The molecule has 0 aliphatic heterocycles. The normalized spacial score (nSPS) is 11.5. The summed E-state index contributed by atoms with van der Waals surface area (Å²) in [5.41, 5.74) is 1.95. The lowest BCUT2D eigenvalue weighted by Gasteiger charge is -2.12. The monoisotopic (exact) mass is 324 g/mol. The van der Waals surface area contributed by atoms with Crippen molar-refractivity contribution in [1.82, 2.24) is 9.47 Å². The van der Waals surface area contributed by atoms with Crippen LogP contribution in [0.1, 0.15) is 12.8 Å². The minimum Gasteiger partial charge on any atom is -0.494 e. The summed E-state index contributed by atoms with van der Waals surface area (Å²) in [6.45, 7) is 1.74. The van der Waals surface area contributed by atoms with Crippen LogP contribution in [0.3, 0.4) is 0 Å². The highest BCUT2D eigenvalue weighted by Crippen LogP contribution is 2.22. The van der Waals surface area contributed by atoms with Crippen LogP contribution in [0.4, 0.5) is 0 Å². The van der Waals surface area contributed by atoms with E-state index in [1.807, 2.05) is 49.5 Å². The van der Waals surface area contributed by atoms with Gasteiger partial charge in [0.05, 0.1) is 17.6 Å². The number of nitrogens with zero attached hydrogens (tertiary/aromatic N) is 2. The van der Waals surface area contributed by atoms with E-state index in [-0.39, 0.29) is 5.43 Å². The van der Waals surface area contributed by atoms with E-state index >= 15 is 0 Å². The average molecular weight is 324 g/mol. The van der Waals surface area contributed by atoms with Crippen molar-refractivity contribution in [3.8, 4) is 5.75 Å². The van der Waals surface area contributed by atoms with Crippen LogP contribution in [-0.2, 0) is 7.05 Å². The van der Waals surface area contributed by atoms with Crippen molar-refractivity contribution in [3.05, 3.63) is 52.7 Å². The van der Waals surface area contributed by atoms with Crippen LogP contribution in [0, 0.1) is 0 Å². The summed E-state index contributed by atoms with van der Waals surface area (Å²) in [6.07, 6.45) is 2.11. The van der Waals surface area contributed by atoms with E-state index in [0.717, 1.165) is 41.6 Å². The first-order valence-electron chi connectivity index (χ1n) is 8.37. The van der Waals surface area contributed by atoms with Gasteiger partial charge in [-0.3, -0.25) is 4.79 Å². The number of fused-ring (bicyclic) bond motifs is 2. The van der Waals surface area contributed by atoms with Crippen molar-refractivity contribution in [2.75, 3.05) is 27.2 Å². The number of unbranched alkanes of at least 4 members (excludes halogenated alkanes) is 1. The number of pyridine rings is 1. The van der Waals surface area contributed by atoms with Gasteiger partial charge in [-0.2, -0.15) is 0 Å². The van der Waals surface area contributed by atoms with Crippen molar-refractivity contribution in [3.63, 3.8) is 0 Å². The molecule has 3 rings (SSSR count). The van der Waals surface area contributed by atoms with Crippen LogP contribution in [0.25, 0.3) is 21.8 Å². The summed E-state index contributed by atoms with van der Waals surface area (Å²) in [4.78, 5) is 14.9. The van der Waals surface area contributed by atoms with Gasteiger partial charge in [-0.15, -0.1) is 0 Å². The molecule has 24 heavy (non-hydrogen) atoms. The molecule has 126 valence electrons. The van der Waals surface area contributed by atoms with Gasteiger partial charge in [-0.1, -0.05) is 12.1 Å². The molecule has 0 saturated carbocycles. The second-order valence-corrected chi connectivity index (χ2v) is 6.44. The Hall–Kier alpha value is -2.33. The minimum absolute atomic E-state index is 0.0664. The Bertz CT molecular complexity index is 913. The lowest BCUT2D eigenvalue weighted by Crippen LogP contribution is -2.13. The summed E-state index contributed by atoms with van der Waals surface area (Å²) < 4.78 is 7.90. The standard InChI is InChI=1S/C20H24N2O2/c1-21(2)12-6-7-13-24-15-10-11-19-17(14-15)20(23)16-8-4-5-9-18(16)22(19)3/h4-5,8-11,14H,6-7,12-13H2,1-3H3. The van der Waals surface area contributed by atoms with Crippen LogP contribution in [-0.4, -0.2) is 36.7 Å². The number of benzene rings is 2. The van der Waals surface area contributed by atoms with E-state index in [1.54, 1.807) is 0 Å². The fraction of sp³-hybridized carbons (Fsp3) is 0.350. The van der Waals surface area contributed by atoms with Gasteiger partial charge in [0.25, 0.3) is 0 Å². The molecule has 3 aromatic rings. The van der Waals surface area contributed by atoms with Crippen LogP contribution in [0.15, 0.2) is 47.3 Å². The number of ether oxygens (including phenoxy) is 1. The molecule has 4 heteroatoms. The molecular formula is C20H24N2O2. The summed E-state index contributed by atoms with van der Waals surface area (Å²) in [7, 11) is 6.14. The Kier molecular flexibility index (Phi) is 4.86. The molecule has 4 nitrogen and oxygen atoms in total. The first-order valence-corrected chi connectivity index (χ1v) is 8.37. The van der Waals surface area contributed by atoms with Gasteiger partial charge in [0, 0.05) is 17.8 Å². The van der Waals surface area contributed by atoms with Crippen LogP contribution >= 0.6 is 0 Å². The van der Waals surface area contributed by atoms with Crippen molar-refractivity contribution in [1.29, 1.82) is 0 Å². The second kappa shape index (κ2) is 7.05. The van der Waals surface area contributed by atoms with Crippen LogP contribution in [0.2, 0.25) is 0 Å². The highest BCUT2D eigenvalue weighted by Gasteiger charge is 2.09. The summed E-state index contributed by atoms with van der Waals surface area (Å²) >= 11 is 0. The van der Waals surface area contributed by atoms with E-state index in [0.29, 0.717) is 12.0 Å². The Morgan fingerprint density at radius 2 is 1.75 bits per heavy atom. The molecule has 0 bridgehead atoms. The van der Waals surface area contributed by atoms with Gasteiger partial charge in [0.15, 0.2) is 5.43 Å². The molecule has 0 aliphatic rings. The van der Waals surface area contributed by atoms with Gasteiger partial charge in [-0.25, -0.2) is 0 Å². The Morgan fingerprint density at radius 3 is 2.54 bits per heavy atom. The molecule has 0 N–H and O–H groups in total. The molecule has 0 saturated heterocycles. The Morgan fingerprint density at radius 1 is 1.00 bits per heavy atom. The lowest BCUT2D eigenvalue weighted by molar-refractivity contribution is 0.293. The van der Waals surface area contributed by atoms with Crippen molar-refractivity contribution in [2.45, 2.75) is 12.8 Å². The first-order chi connectivity index (χ1) is 11.6. The molecule has 0 fully saturated rings. The molecular weight excluding hydrogens is 300 g/mol. The van der Waals surface area contributed by atoms with E-state index in [2.05, 4.69) is 23.6 Å². The molecule has 0 aliphatic carbocycles. The highest BCUT2D eigenvalue weighted by molar-refractivity contribution is 5.93. The maximum absolute atomic E-state index is 12.8. The predicted molar refractivity (Wildman–Crippen MR) is 100.0 cm³/mol. The number of para-hydroxylation sites is 1. The maximum atomic E-state index is 12.8. The lowest BCUT2D eigenvalue weighted by atomic mass is 10.1. The fourth-order valence-electron chi connectivity index (χ4n) is 3.03. The largest absolute Gasteiger partial charge is 0.494 e. The predicted octanol–water partition coefficient (Wildman–Crippen LogP) is 3.41. The van der Waals surface area contributed by atoms with Gasteiger partial charge < -0.3 is 14.2 Å². The van der Waals surface area contributed by atoms with Crippen LogP contribution in [0.5, 0.6) is 5.75 Å². The quantitative estimate of drug-likeness (QED) is 0.515. The molecule has 0 spiro atoms. The number of hydrogen-bond donors (Lipinski definition) is 0. The van der Waals surface area contributed by atoms with Gasteiger partial charge >= 0.3 is 0 Å². The Labute approximate surface area is 142 Å². The van der Waals surface area contributed by atoms with Crippen LogP contribution < -0.4 is 10.2 Å². The zero-order chi connectivity index (χ0) is 17.1. The molecule has 0 amide bonds. The summed E-state index contributed by atoms with van der Waals surface area (Å²) in [5, 5.41) is 1.46. The zero-order valence-electron chi connectivity index (χ0n) is 14.6. The summed E-state index contributed by atoms with van der Waals surface area (Å²) in [6, 6.07) is 13.5. The molecule has 1 aromatic heterocycles. The second-order valence-electron chi connectivity index (χ2n) is 6.44. The van der Waals surface area contributed by atoms with E-state index < -0.39 is 0 Å². The zero-order valence-corrected chi connectivity index (χ0v) is 14.6. The third-order valence-corrected chi connectivity index (χ3v) is 4.35. The topological polar surface area (TPSA) is 34.5 Å². The van der Waals surface area contributed by atoms with E-state index in [9.17, 15) is 4.79 Å². The number of aryl methyl sites for hydroxylation is 1. The molecule has 2 aromatic carbocycles. The van der Waals surface area contributed by atoms with Crippen molar-refractivity contribution < 1.29 is 4.74 Å². The third kappa shape index (κ3) is 3.29. The SMILES string of the molecule is CN(C)CCCCOc1ccc2c(c1)c(=O)c1ccccc1n2C. The fourth-order valence-corrected chi connectivity index (χ4v) is 3.03. The third-order valence-electron chi connectivity index (χ3n) is 4.35. The number of aromatic nitrogens is 1. The number of rotatable bonds is 6. The van der Waals surface area contributed by atoms with Crippen molar-refractivity contribution in [2.24, 2.45) is 7.05 Å². The maximum Gasteiger partial charge on any atom is 0.197 e. The smallest absolute Gasteiger partial charge is 0.197 e. The Balaban J connectivity index is 1.87. The van der Waals surface area contributed by atoms with Crippen molar-refractivity contribution >= 4 is 21.8 Å². The van der Waals surface area contributed by atoms with Gasteiger partial charge in [-0.05, 0) is 63.8 Å². The highest BCUT2D eigenvalue weighted by atomic mass is 16.5. The molecule has 1 heterocycles. The van der Waals surface area contributed by atoms with Gasteiger partial charge in [0.1, 0.15) is 5.75 Å². The van der Waals surface area contributed by atoms with Gasteiger partial charge in [0.2, 0.25) is 0 Å². The molecule has 0 atom stereocenters. The van der Waals surface area contributed by atoms with E-state index in [1.165, 1.54) is 0 Å². The minimum atomic E-state index is 0.0664. The summed E-state index contributed by atoms with van der Waals surface area (Å²) in [5.74, 6) is 0.764. The average Bonchev–Trinajstić information content (AvgIpc) is 2.59. The molecule has 0 unspecified atom stereocenters. The first kappa shape index (κ1) is 16.5. The van der Waals surface area contributed by atoms with E-state index in [4.69, 9.17) is 4.74 Å². The molecule has 0 radical (unpaired) electrons.